The first-order valence-electron chi connectivity index (χ1n) is 7.04. The van der Waals surface area contributed by atoms with E-state index >= 15 is 0 Å². The highest BCUT2D eigenvalue weighted by molar-refractivity contribution is 5.05. The second-order valence-corrected chi connectivity index (χ2v) is 4.96. The fourth-order valence-corrected chi connectivity index (χ4v) is 2.58. The molecule has 0 radical (unpaired) electrons. The Kier molecular flexibility index (Phi) is 6.54. The maximum atomic E-state index is 9.27. The summed E-state index contributed by atoms with van der Waals surface area (Å²) < 4.78 is 5.83. The minimum absolute atomic E-state index is 0.339. The summed E-state index contributed by atoms with van der Waals surface area (Å²) in [6.45, 7) is 5.78. The van der Waals surface area contributed by atoms with Gasteiger partial charge in [-0.2, -0.15) is 5.26 Å². The van der Waals surface area contributed by atoms with Crippen LogP contribution in [0.3, 0.4) is 0 Å². The summed E-state index contributed by atoms with van der Waals surface area (Å²) in [5, 5.41) is 12.6. The number of hydrogen-bond acceptors (Lipinski definition) is 3. The summed E-state index contributed by atoms with van der Waals surface area (Å²) in [6.07, 6.45) is 8.31. The van der Waals surface area contributed by atoms with Crippen molar-refractivity contribution in [3.63, 3.8) is 0 Å². The molecule has 1 aliphatic rings. The topological polar surface area (TPSA) is 45.0 Å². The summed E-state index contributed by atoms with van der Waals surface area (Å²) in [5.41, 5.74) is -0.339. The molecule has 1 rings (SSSR count). The van der Waals surface area contributed by atoms with Gasteiger partial charge in [-0.1, -0.05) is 26.7 Å². The van der Waals surface area contributed by atoms with Gasteiger partial charge in [0.25, 0.3) is 0 Å². The monoisotopic (exact) mass is 238 g/mol. The molecule has 1 N–H and O–H groups in total. The molecule has 1 aliphatic carbocycles. The van der Waals surface area contributed by atoms with E-state index < -0.39 is 0 Å². The van der Waals surface area contributed by atoms with Gasteiger partial charge in [0.15, 0.2) is 0 Å². The first-order chi connectivity index (χ1) is 8.26. The van der Waals surface area contributed by atoms with Crippen LogP contribution in [0.4, 0.5) is 0 Å². The molecule has 0 aromatic heterocycles. The molecule has 0 bridgehead atoms. The highest BCUT2D eigenvalue weighted by atomic mass is 16.5. The van der Waals surface area contributed by atoms with Crippen LogP contribution in [0.2, 0.25) is 0 Å². The lowest BCUT2D eigenvalue weighted by molar-refractivity contribution is 0.0532. The number of rotatable bonds is 8. The standard InChI is InChI=1S/C14H26N2O/c1-3-14(12-15,16-4-2)10-7-11-17-13-8-5-6-9-13/h13,16H,3-11H2,1-2H3. The van der Waals surface area contributed by atoms with Crippen LogP contribution in [0.5, 0.6) is 0 Å². The van der Waals surface area contributed by atoms with Gasteiger partial charge in [-0.3, -0.25) is 5.32 Å². The van der Waals surface area contributed by atoms with Crippen molar-refractivity contribution >= 4 is 0 Å². The zero-order valence-electron chi connectivity index (χ0n) is 11.3. The summed E-state index contributed by atoms with van der Waals surface area (Å²) in [6, 6.07) is 2.43. The lowest BCUT2D eigenvalue weighted by atomic mass is 9.92. The molecule has 1 unspecified atom stereocenters. The van der Waals surface area contributed by atoms with E-state index in [1.807, 2.05) is 0 Å². The van der Waals surface area contributed by atoms with Gasteiger partial charge in [0.2, 0.25) is 0 Å². The SMILES string of the molecule is CCNC(C#N)(CC)CCCOC1CCCC1. The average Bonchev–Trinajstić information content (AvgIpc) is 2.86. The van der Waals surface area contributed by atoms with Crippen molar-refractivity contribution in [2.24, 2.45) is 0 Å². The van der Waals surface area contributed by atoms with E-state index in [4.69, 9.17) is 4.74 Å². The fraction of sp³-hybridized carbons (Fsp3) is 0.929. The molecule has 1 fully saturated rings. The predicted octanol–water partition coefficient (Wildman–Crippen LogP) is 3.01. The van der Waals surface area contributed by atoms with E-state index in [2.05, 4.69) is 25.2 Å². The highest BCUT2D eigenvalue weighted by Crippen LogP contribution is 2.22. The normalized spacial score (nSPS) is 20.1. The minimum atomic E-state index is -0.339. The van der Waals surface area contributed by atoms with Crippen LogP contribution >= 0.6 is 0 Å². The van der Waals surface area contributed by atoms with Crippen LogP contribution in [0.25, 0.3) is 0 Å². The lowest BCUT2D eigenvalue weighted by Crippen LogP contribution is -2.43. The molecule has 0 aliphatic heterocycles. The Morgan fingerprint density at radius 3 is 2.59 bits per heavy atom. The molecule has 17 heavy (non-hydrogen) atoms. The van der Waals surface area contributed by atoms with Crippen LogP contribution in [-0.4, -0.2) is 24.8 Å². The van der Waals surface area contributed by atoms with E-state index in [1.165, 1.54) is 25.7 Å². The number of nitrogens with zero attached hydrogens (tertiary/aromatic N) is 1. The van der Waals surface area contributed by atoms with Crippen LogP contribution in [-0.2, 0) is 4.74 Å². The van der Waals surface area contributed by atoms with Crippen LogP contribution in [0, 0.1) is 11.3 Å². The largest absolute Gasteiger partial charge is 0.378 e. The van der Waals surface area contributed by atoms with Gasteiger partial charge in [0.1, 0.15) is 5.54 Å². The number of nitrogens with one attached hydrogen (secondary N) is 1. The van der Waals surface area contributed by atoms with Crippen molar-refractivity contribution in [1.29, 1.82) is 5.26 Å². The molecule has 1 atom stereocenters. The quantitative estimate of drug-likeness (QED) is 0.661. The van der Waals surface area contributed by atoms with Gasteiger partial charge in [-0.15, -0.1) is 0 Å². The first-order valence-corrected chi connectivity index (χ1v) is 7.04. The van der Waals surface area contributed by atoms with Crippen molar-refractivity contribution in [2.45, 2.75) is 70.4 Å². The number of nitriles is 1. The van der Waals surface area contributed by atoms with E-state index in [0.717, 1.165) is 32.4 Å². The van der Waals surface area contributed by atoms with Gasteiger partial charge in [0, 0.05) is 6.61 Å². The Morgan fingerprint density at radius 1 is 1.35 bits per heavy atom. The molecule has 98 valence electrons. The average molecular weight is 238 g/mol. The van der Waals surface area contributed by atoms with Gasteiger partial charge in [-0.25, -0.2) is 0 Å². The minimum Gasteiger partial charge on any atom is -0.378 e. The summed E-state index contributed by atoms with van der Waals surface area (Å²) in [7, 11) is 0. The van der Waals surface area contributed by atoms with Gasteiger partial charge >= 0.3 is 0 Å². The molecule has 0 aromatic rings. The maximum absolute atomic E-state index is 9.27. The third kappa shape index (κ3) is 4.65. The van der Waals surface area contributed by atoms with E-state index in [9.17, 15) is 5.26 Å². The predicted molar refractivity (Wildman–Crippen MR) is 69.8 cm³/mol. The molecule has 3 nitrogen and oxygen atoms in total. The van der Waals surface area contributed by atoms with Gasteiger partial charge < -0.3 is 4.74 Å². The zero-order valence-corrected chi connectivity index (χ0v) is 11.3. The molecule has 0 spiro atoms. The Morgan fingerprint density at radius 2 is 2.06 bits per heavy atom. The molecule has 3 heteroatoms. The molecule has 0 saturated heterocycles. The Bertz CT molecular complexity index is 243. The number of ether oxygens (including phenoxy) is 1. The Balaban J connectivity index is 2.20. The van der Waals surface area contributed by atoms with Crippen molar-refractivity contribution in [3.8, 4) is 6.07 Å². The summed E-state index contributed by atoms with van der Waals surface area (Å²) in [4.78, 5) is 0. The maximum Gasteiger partial charge on any atom is 0.106 e. The molecular formula is C14H26N2O. The second-order valence-electron chi connectivity index (χ2n) is 4.96. The Hall–Kier alpha value is -0.590. The zero-order chi connectivity index (χ0) is 12.6. The van der Waals surface area contributed by atoms with Crippen molar-refractivity contribution in [2.75, 3.05) is 13.2 Å². The highest BCUT2D eigenvalue weighted by Gasteiger charge is 2.26. The molecular weight excluding hydrogens is 212 g/mol. The summed E-state index contributed by atoms with van der Waals surface area (Å²) in [5.74, 6) is 0. The first kappa shape index (κ1) is 14.5. The van der Waals surface area contributed by atoms with Crippen molar-refractivity contribution in [3.05, 3.63) is 0 Å². The molecule has 1 saturated carbocycles. The van der Waals surface area contributed by atoms with Crippen molar-refractivity contribution < 1.29 is 4.74 Å². The molecule has 0 aromatic carbocycles. The van der Waals surface area contributed by atoms with Gasteiger partial charge in [-0.05, 0) is 38.6 Å². The third-order valence-electron chi connectivity index (χ3n) is 3.74. The van der Waals surface area contributed by atoms with Gasteiger partial charge in [0.05, 0.1) is 12.2 Å². The fourth-order valence-electron chi connectivity index (χ4n) is 2.58. The smallest absolute Gasteiger partial charge is 0.106 e. The van der Waals surface area contributed by atoms with E-state index in [1.54, 1.807) is 0 Å². The van der Waals surface area contributed by atoms with E-state index in [0.29, 0.717) is 6.10 Å². The van der Waals surface area contributed by atoms with E-state index in [-0.39, 0.29) is 5.54 Å². The van der Waals surface area contributed by atoms with Crippen LogP contribution in [0.15, 0.2) is 0 Å². The second kappa shape index (κ2) is 7.68. The lowest BCUT2D eigenvalue weighted by Gasteiger charge is -2.26. The van der Waals surface area contributed by atoms with Crippen molar-refractivity contribution in [1.82, 2.24) is 5.32 Å². The Labute approximate surface area is 106 Å². The summed E-state index contributed by atoms with van der Waals surface area (Å²) >= 11 is 0. The third-order valence-corrected chi connectivity index (χ3v) is 3.74. The molecule has 0 heterocycles. The van der Waals surface area contributed by atoms with Crippen LogP contribution in [0.1, 0.15) is 58.8 Å². The number of hydrogen-bond donors (Lipinski definition) is 1. The van der Waals surface area contributed by atoms with Crippen LogP contribution < -0.4 is 5.32 Å². The molecule has 0 amide bonds.